The molecule has 0 saturated heterocycles. The molecule has 5 heteroatoms. The van der Waals surface area contributed by atoms with E-state index in [-0.39, 0.29) is 5.91 Å². The molecular formula is C12H17NO3S. The number of ether oxygens (including phenoxy) is 1. The lowest BCUT2D eigenvalue weighted by Crippen LogP contribution is -2.25. The van der Waals surface area contributed by atoms with Crippen molar-refractivity contribution < 1.29 is 14.4 Å². The molecule has 0 saturated carbocycles. The van der Waals surface area contributed by atoms with Gasteiger partial charge in [0.05, 0.1) is 14.2 Å². The highest BCUT2D eigenvalue weighted by molar-refractivity contribution is 7.99. The molecule has 1 amide bonds. The highest BCUT2D eigenvalue weighted by Gasteiger charge is 2.07. The Hall–Kier alpha value is -1.20. The Morgan fingerprint density at radius 1 is 1.29 bits per heavy atom. The van der Waals surface area contributed by atoms with Crippen molar-refractivity contribution in [2.75, 3.05) is 27.0 Å². The van der Waals surface area contributed by atoms with Gasteiger partial charge in [0.15, 0.2) is 0 Å². The molecule has 1 rings (SSSR count). The summed E-state index contributed by atoms with van der Waals surface area (Å²) >= 11 is 1.64. The van der Waals surface area contributed by atoms with Crippen molar-refractivity contribution in [1.82, 2.24) is 5.06 Å². The van der Waals surface area contributed by atoms with Crippen molar-refractivity contribution in [3.8, 4) is 5.75 Å². The molecule has 0 N–H and O–H groups in total. The first-order chi connectivity index (χ1) is 8.17. The second-order valence-electron chi connectivity index (χ2n) is 3.35. The van der Waals surface area contributed by atoms with Crippen molar-refractivity contribution in [3.05, 3.63) is 24.3 Å². The number of hydroxylamine groups is 2. The van der Waals surface area contributed by atoms with Gasteiger partial charge in [-0.2, -0.15) is 0 Å². The average Bonchev–Trinajstić information content (AvgIpc) is 2.38. The minimum atomic E-state index is -0.0199. The largest absolute Gasteiger partial charge is 0.497 e. The fourth-order valence-corrected chi connectivity index (χ4v) is 2.03. The van der Waals surface area contributed by atoms with Gasteiger partial charge in [-0.3, -0.25) is 9.63 Å². The van der Waals surface area contributed by atoms with Gasteiger partial charge in [0.1, 0.15) is 5.75 Å². The standard InChI is InChI=1S/C12H17NO3S/c1-13(16-3)12(14)8-9-17-11-6-4-10(15-2)5-7-11/h4-7H,8-9H2,1-3H3. The number of benzene rings is 1. The number of thioether (sulfide) groups is 1. The van der Waals surface area contributed by atoms with Gasteiger partial charge in [0, 0.05) is 24.1 Å². The molecule has 17 heavy (non-hydrogen) atoms. The van der Waals surface area contributed by atoms with Crippen LogP contribution in [-0.4, -0.2) is 38.0 Å². The van der Waals surface area contributed by atoms with E-state index >= 15 is 0 Å². The Morgan fingerprint density at radius 2 is 1.94 bits per heavy atom. The van der Waals surface area contributed by atoms with E-state index in [9.17, 15) is 4.79 Å². The fourth-order valence-electron chi connectivity index (χ4n) is 1.19. The minimum Gasteiger partial charge on any atom is -0.497 e. The SMILES string of the molecule is COc1ccc(SCCC(=O)N(C)OC)cc1. The van der Waals surface area contributed by atoms with E-state index in [1.807, 2.05) is 24.3 Å². The van der Waals surface area contributed by atoms with E-state index in [2.05, 4.69) is 0 Å². The maximum atomic E-state index is 11.4. The topological polar surface area (TPSA) is 38.8 Å². The molecule has 0 fully saturated rings. The van der Waals surface area contributed by atoms with Gasteiger partial charge >= 0.3 is 0 Å². The number of methoxy groups -OCH3 is 1. The molecule has 0 aliphatic carbocycles. The molecule has 0 bridgehead atoms. The summed E-state index contributed by atoms with van der Waals surface area (Å²) in [4.78, 5) is 17.4. The third-order valence-corrected chi connectivity index (χ3v) is 3.28. The monoisotopic (exact) mass is 255 g/mol. The van der Waals surface area contributed by atoms with E-state index in [0.29, 0.717) is 6.42 Å². The summed E-state index contributed by atoms with van der Waals surface area (Å²) in [7, 11) is 4.73. The second kappa shape index (κ2) is 7.19. The van der Waals surface area contributed by atoms with Crippen LogP contribution in [0.3, 0.4) is 0 Å². The van der Waals surface area contributed by atoms with Gasteiger partial charge in [-0.25, -0.2) is 5.06 Å². The maximum absolute atomic E-state index is 11.4. The minimum absolute atomic E-state index is 0.0199. The number of rotatable bonds is 6. The summed E-state index contributed by atoms with van der Waals surface area (Å²) in [6, 6.07) is 7.78. The number of amides is 1. The lowest BCUT2D eigenvalue weighted by Gasteiger charge is -2.12. The summed E-state index contributed by atoms with van der Waals surface area (Å²) in [5.41, 5.74) is 0. The van der Waals surface area contributed by atoms with Crippen LogP contribution in [0.1, 0.15) is 6.42 Å². The van der Waals surface area contributed by atoms with Crippen molar-refractivity contribution >= 4 is 17.7 Å². The quantitative estimate of drug-likeness (QED) is 0.577. The lowest BCUT2D eigenvalue weighted by atomic mass is 10.3. The first-order valence-electron chi connectivity index (χ1n) is 5.25. The van der Waals surface area contributed by atoms with Crippen LogP contribution in [0, 0.1) is 0 Å². The highest BCUT2D eigenvalue weighted by atomic mass is 32.2. The summed E-state index contributed by atoms with van der Waals surface area (Å²) in [6.07, 6.45) is 0.459. The van der Waals surface area contributed by atoms with Gasteiger partial charge < -0.3 is 4.74 Å². The van der Waals surface area contributed by atoms with Crippen LogP contribution in [0.2, 0.25) is 0 Å². The van der Waals surface area contributed by atoms with Gasteiger partial charge in [-0.15, -0.1) is 11.8 Å². The third-order valence-electron chi connectivity index (χ3n) is 2.27. The Morgan fingerprint density at radius 3 is 2.47 bits per heavy atom. The number of hydrogen-bond acceptors (Lipinski definition) is 4. The van der Waals surface area contributed by atoms with Gasteiger partial charge in [0.2, 0.25) is 5.91 Å². The van der Waals surface area contributed by atoms with Crippen molar-refractivity contribution in [1.29, 1.82) is 0 Å². The van der Waals surface area contributed by atoms with Crippen molar-refractivity contribution in [2.45, 2.75) is 11.3 Å². The van der Waals surface area contributed by atoms with Crippen LogP contribution in [0.25, 0.3) is 0 Å². The van der Waals surface area contributed by atoms with E-state index in [1.165, 1.54) is 12.2 Å². The zero-order valence-corrected chi connectivity index (χ0v) is 11.1. The molecule has 0 heterocycles. The predicted molar refractivity (Wildman–Crippen MR) is 68.1 cm³/mol. The van der Waals surface area contributed by atoms with E-state index in [1.54, 1.807) is 25.9 Å². The molecular weight excluding hydrogens is 238 g/mol. The van der Waals surface area contributed by atoms with E-state index in [0.717, 1.165) is 16.4 Å². The van der Waals surface area contributed by atoms with Crippen LogP contribution in [-0.2, 0) is 9.63 Å². The number of carbonyl (C=O) groups excluding carboxylic acids is 1. The zero-order valence-electron chi connectivity index (χ0n) is 10.3. The van der Waals surface area contributed by atoms with Crippen LogP contribution < -0.4 is 4.74 Å². The molecule has 0 aliphatic rings. The van der Waals surface area contributed by atoms with E-state index < -0.39 is 0 Å². The van der Waals surface area contributed by atoms with Crippen LogP contribution >= 0.6 is 11.8 Å². The number of nitrogens with zero attached hydrogens (tertiary/aromatic N) is 1. The highest BCUT2D eigenvalue weighted by Crippen LogP contribution is 2.21. The third kappa shape index (κ3) is 4.66. The van der Waals surface area contributed by atoms with Gasteiger partial charge in [-0.1, -0.05) is 0 Å². The van der Waals surface area contributed by atoms with Crippen molar-refractivity contribution in [3.63, 3.8) is 0 Å². The fraction of sp³-hybridized carbons (Fsp3) is 0.417. The Kier molecular flexibility index (Phi) is 5.86. The Balaban J connectivity index is 2.33. The number of carbonyl (C=O) groups is 1. The van der Waals surface area contributed by atoms with Gasteiger partial charge in [-0.05, 0) is 24.3 Å². The van der Waals surface area contributed by atoms with Crippen LogP contribution in [0.5, 0.6) is 5.75 Å². The molecule has 0 aliphatic heterocycles. The molecule has 0 aromatic heterocycles. The predicted octanol–water partition coefficient (Wildman–Crippen LogP) is 2.20. The average molecular weight is 255 g/mol. The first kappa shape index (κ1) is 13.9. The molecule has 4 nitrogen and oxygen atoms in total. The molecule has 0 spiro atoms. The summed E-state index contributed by atoms with van der Waals surface area (Å²) in [5.74, 6) is 1.55. The normalized spacial score (nSPS) is 10.1. The maximum Gasteiger partial charge on any atom is 0.246 e. The lowest BCUT2D eigenvalue weighted by molar-refractivity contribution is -0.168. The summed E-state index contributed by atoms with van der Waals surface area (Å²) < 4.78 is 5.07. The summed E-state index contributed by atoms with van der Waals surface area (Å²) in [5, 5.41) is 1.24. The van der Waals surface area contributed by atoms with E-state index in [4.69, 9.17) is 9.57 Å². The molecule has 0 atom stereocenters. The Labute approximate surface area is 106 Å². The first-order valence-corrected chi connectivity index (χ1v) is 6.23. The molecule has 1 aromatic rings. The molecule has 1 aromatic carbocycles. The Bertz CT molecular complexity index is 353. The molecule has 0 unspecified atom stereocenters. The summed E-state index contributed by atoms with van der Waals surface area (Å²) in [6.45, 7) is 0. The zero-order chi connectivity index (χ0) is 12.7. The van der Waals surface area contributed by atoms with Crippen LogP contribution in [0.4, 0.5) is 0 Å². The smallest absolute Gasteiger partial charge is 0.246 e. The molecule has 94 valence electrons. The molecule has 0 radical (unpaired) electrons. The van der Waals surface area contributed by atoms with Gasteiger partial charge in [0.25, 0.3) is 0 Å². The van der Waals surface area contributed by atoms with Crippen molar-refractivity contribution in [2.24, 2.45) is 0 Å². The van der Waals surface area contributed by atoms with Crippen LogP contribution in [0.15, 0.2) is 29.2 Å². The second-order valence-corrected chi connectivity index (χ2v) is 4.52. The number of hydrogen-bond donors (Lipinski definition) is 0.